The van der Waals surface area contributed by atoms with Crippen LogP contribution in [-0.2, 0) is 4.79 Å². The molecule has 1 atom stereocenters. The van der Waals surface area contributed by atoms with E-state index in [1.165, 1.54) is 12.8 Å². The zero-order chi connectivity index (χ0) is 12.9. The summed E-state index contributed by atoms with van der Waals surface area (Å²) in [5.41, 5.74) is 0. The smallest absolute Gasteiger partial charge is 0.550 e. The number of hydrogen-bond acceptors (Lipinski definition) is 5. The van der Waals surface area contributed by atoms with Crippen LogP contribution in [-0.4, -0.2) is 43.4 Å². The molecule has 0 aromatic heterocycles. The first-order valence-corrected chi connectivity index (χ1v) is 6.46. The summed E-state index contributed by atoms with van der Waals surface area (Å²) in [6.07, 6.45) is 4.02. The van der Waals surface area contributed by atoms with E-state index >= 15 is 0 Å². The van der Waals surface area contributed by atoms with E-state index in [9.17, 15) is 15.0 Å². The molecule has 5 nitrogen and oxygen atoms in total. The van der Waals surface area contributed by atoms with Crippen molar-refractivity contribution in [1.29, 1.82) is 0 Å². The van der Waals surface area contributed by atoms with Crippen molar-refractivity contribution in [3.8, 4) is 0 Å². The number of unbranched alkanes of at least 4 members (excludes halogenated alkanes) is 2. The third-order valence-electron chi connectivity index (χ3n) is 2.51. The zero-order valence-corrected chi connectivity index (χ0v) is 11.7. The summed E-state index contributed by atoms with van der Waals surface area (Å²) in [5, 5.41) is 25.8. The molecule has 0 fully saturated rings. The molecule has 0 aliphatic carbocycles. The SMILES string of the molecule is CCCCCC(O)CNCCNCCC(=O)[O-].[Li+]. The van der Waals surface area contributed by atoms with Crippen molar-refractivity contribution in [2.45, 2.75) is 45.1 Å². The monoisotopic (exact) mass is 252 g/mol. The van der Waals surface area contributed by atoms with Crippen LogP contribution < -0.4 is 34.6 Å². The van der Waals surface area contributed by atoms with Crippen LogP contribution in [0, 0.1) is 0 Å². The maximum absolute atomic E-state index is 10.1. The van der Waals surface area contributed by atoms with Crippen molar-refractivity contribution in [1.82, 2.24) is 10.6 Å². The van der Waals surface area contributed by atoms with E-state index in [0.717, 1.165) is 19.4 Å². The van der Waals surface area contributed by atoms with Gasteiger partial charge in [-0.3, -0.25) is 0 Å². The molecule has 0 saturated carbocycles. The van der Waals surface area contributed by atoms with Crippen LogP contribution in [0.2, 0.25) is 0 Å². The molecule has 0 heterocycles. The van der Waals surface area contributed by atoms with Crippen molar-refractivity contribution in [2.75, 3.05) is 26.2 Å². The molecule has 0 aliphatic rings. The molecule has 102 valence electrons. The number of carboxylic acids is 1. The predicted molar refractivity (Wildman–Crippen MR) is 65.5 cm³/mol. The van der Waals surface area contributed by atoms with Crippen molar-refractivity contribution in [3.63, 3.8) is 0 Å². The summed E-state index contributed by atoms with van der Waals surface area (Å²) < 4.78 is 0. The van der Waals surface area contributed by atoms with Crippen molar-refractivity contribution >= 4 is 5.97 Å². The Labute approximate surface area is 122 Å². The molecule has 0 bridgehead atoms. The summed E-state index contributed by atoms with van der Waals surface area (Å²) in [6, 6.07) is 0. The van der Waals surface area contributed by atoms with Gasteiger partial charge in [-0.05, 0) is 12.8 Å². The molecule has 3 N–H and O–H groups in total. The van der Waals surface area contributed by atoms with Crippen LogP contribution >= 0.6 is 0 Å². The molecule has 0 radical (unpaired) electrons. The number of carbonyl (C=O) groups is 1. The fourth-order valence-corrected chi connectivity index (χ4v) is 1.49. The quantitative estimate of drug-likeness (QED) is 0.245. The number of aliphatic carboxylic acids is 1. The summed E-state index contributed by atoms with van der Waals surface area (Å²) >= 11 is 0. The minimum absolute atomic E-state index is 0. The molecule has 18 heavy (non-hydrogen) atoms. The van der Waals surface area contributed by atoms with Gasteiger partial charge in [-0.2, -0.15) is 0 Å². The van der Waals surface area contributed by atoms with Gasteiger partial charge in [-0.15, -0.1) is 0 Å². The van der Waals surface area contributed by atoms with Gasteiger partial charge in [0.15, 0.2) is 0 Å². The fraction of sp³-hybridized carbons (Fsp3) is 0.917. The first-order valence-electron chi connectivity index (χ1n) is 6.46. The van der Waals surface area contributed by atoms with Gasteiger partial charge in [0.25, 0.3) is 0 Å². The maximum Gasteiger partial charge on any atom is 1.00 e. The first-order chi connectivity index (χ1) is 8.16. The van der Waals surface area contributed by atoms with Gasteiger partial charge in [-0.25, -0.2) is 0 Å². The minimum Gasteiger partial charge on any atom is -0.550 e. The van der Waals surface area contributed by atoms with E-state index in [-0.39, 0.29) is 31.4 Å². The fourth-order valence-electron chi connectivity index (χ4n) is 1.49. The predicted octanol–water partition coefficient (Wildman–Crippen LogP) is -3.75. The second kappa shape index (κ2) is 15.0. The van der Waals surface area contributed by atoms with Crippen molar-refractivity contribution < 1.29 is 33.9 Å². The topological polar surface area (TPSA) is 84.4 Å². The molecular formula is C12H25LiN2O3. The van der Waals surface area contributed by atoms with E-state index in [4.69, 9.17) is 0 Å². The Balaban J connectivity index is 0. The Morgan fingerprint density at radius 3 is 2.50 bits per heavy atom. The van der Waals surface area contributed by atoms with Gasteiger partial charge in [0.1, 0.15) is 0 Å². The largest absolute Gasteiger partial charge is 1.00 e. The summed E-state index contributed by atoms with van der Waals surface area (Å²) in [5.74, 6) is -1.03. The zero-order valence-electron chi connectivity index (χ0n) is 11.7. The van der Waals surface area contributed by atoms with E-state index < -0.39 is 5.97 Å². The number of carbonyl (C=O) groups excluding carboxylic acids is 1. The third kappa shape index (κ3) is 15.9. The van der Waals surface area contributed by atoms with E-state index in [1.807, 2.05) is 0 Å². The van der Waals surface area contributed by atoms with Crippen LogP contribution in [0.5, 0.6) is 0 Å². The second-order valence-electron chi connectivity index (χ2n) is 4.23. The molecule has 0 spiro atoms. The molecule has 0 aliphatic heterocycles. The van der Waals surface area contributed by atoms with Gasteiger partial charge < -0.3 is 25.6 Å². The van der Waals surface area contributed by atoms with Gasteiger partial charge in [0, 0.05) is 32.1 Å². The van der Waals surface area contributed by atoms with Crippen LogP contribution in [0.15, 0.2) is 0 Å². The number of rotatable bonds is 12. The van der Waals surface area contributed by atoms with Crippen LogP contribution in [0.3, 0.4) is 0 Å². The second-order valence-corrected chi connectivity index (χ2v) is 4.23. The average Bonchev–Trinajstić information content (AvgIpc) is 2.28. The Kier molecular flexibility index (Phi) is 16.9. The molecule has 0 aromatic rings. The van der Waals surface area contributed by atoms with Gasteiger partial charge in [0.05, 0.1) is 6.10 Å². The first kappa shape index (κ1) is 20.3. The molecule has 0 aromatic carbocycles. The van der Waals surface area contributed by atoms with E-state index in [2.05, 4.69) is 17.6 Å². The Morgan fingerprint density at radius 2 is 1.89 bits per heavy atom. The van der Waals surface area contributed by atoms with Gasteiger partial charge in [-0.1, -0.05) is 26.2 Å². The maximum atomic E-state index is 10.1. The van der Waals surface area contributed by atoms with Crippen LogP contribution in [0.4, 0.5) is 0 Å². The molecule has 1 unspecified atom stereocenters. The number of aliphatic hydroxyl groups is 1. The molecular weight excluding hydrogens is 227 g/mol. The number of carboxylic acid groups (broad SMARTS) is 1. The molecule has 0 amide bonds. The van der Waals surface area contributed by atoms with Crippen LogP contribution in [0.1, 0.15) is 39.0 Å². The summed E-state index contributed by atoms with van der Waals surface area (Å²) in [6.45, 7) is 4.62. The van der Waals surface area contributed by atoms with Crippen LogP contribution in [0.25, 0.3) is 0 Å². The number of nitrogens with one attached hydrogen (secondary N) is 2. The van der Waals surface area contributed by atoms with E-state index in [1.54, 1.807) is 0 Å². The van der Waals surface area contributed by atoms with Gasteiger partial charge >= 0.3 is 18.9 Å². The standard InChI is InChI=1S/C12H26N2O3.Li/c1-2-3-4-5-11(15)10-14-9-8-13-7-6-12(16)17;/h11,13-15H,2-10H2,1H3,(H,16,17);/q;+1/p-1. The average molecular weight is 252 g/mol. The molecule has 0 rings (SSSR count). The summed E-state index contributed by atoms with van der Waals surface area (Å²) in [4.78, 5) is 10.1. The van der Waals surface area contributed by atoms with Gasteiger partial charge in [0.2, 0.25) is 0 Å². The summed E-state index contributed by atoms with van der Waals surface area (Å²) in [7, 11) is 0. The molecule has 6 heteroatoms. The normalized spacial score (nSPS) is 11.9. The molecule has 0 saturated heterocycles. The Morgan fingerprint density at radius 1 is 1.22 bits per heavy atom. The Hall–Kier alpha value is -0.0526. The van der Waals surface area contributed by atoms with E-state index in [0.29, 0.717) is 19.6 Å². The third-order valence-corrected chi connectivity index (χ3v) is 2.51. The Bertz CT molecular complexity index is 194. The number of hydrogen-bond donors (Lipinski definition) is 3. The van der Waals surface area contributed by atoms with Crippen molar-refractivity contribution in [3.05, 3.63) is 0 Å². The van der Waals surface area contributed by atoms with Crippen molar-refractivity contribution in [2.24, 2.45) is 0 Å². The minimum atomic E-state index is -1.03. The number of aliphatic hydroxyl groups excluding tert-OH is 1.